The van der Waals surface area contributed by atoms with Gasteiger partial charge < -0.3 is 5.11 Å². The first kappa shape index (κ1) is 9.86. The maximum Gasteiger partial charge on any atom is 0.115 e. The minimum Gasteiger partial charge on any atom is -0.380 e. The van der Waals surface area contributed by atoms with Crippen LogP contribution in [0, 0.1) is 0 Å². The SMILES string of the molecule is OC1(c2ccccc2)CCC2=C1C=CCC2. The largest absolute Gasteiger partial charge is 0.380 e. The molecule has 0 heterocycles. The first-order valence-corrected chi connectivity index (χ1v) is 5.98. The first-order chi connectivity index (χ1) is 7.81. The molecule has 1 atom stereocenters. The molecule has 0 bridgehead atoms. The van der Waals surface area contributed by atoms with Gasteiger partial charge in [0.25, 0.3) is 0 Å². The average molecular weight is 212 g/mol. The fraction of sp³-hybridized carbons (Fsp3) is 0.333. The lowest BCUT2D eigenvalue weighted by Crippen LogP contribution is -2.24. The Morgan fingerprint density at radius 1 is 1.06 bits per heavy atom. The second kappa shape index (κ2) is 3.60. The van der Waals surface area contributed by atoms with Gasteiger partial charge in [0.15, 0.2) is 0 Å². The number of allylic oxidation sites excluding steroid dienone is 2. The summed E-state index contributed by atoms with van der Waals surface area (Å²) in [6, 6.07) is 10.0. The van der Waals surface area contributed by atoms with E-state index >= 15 is 0 Å². The van der Waals surface area contributed by atoms with Crippen LogP contribution >= 0.6 is 0 Å². The van der Waals surface area contributed by atoms with Gasteiger partial charge in [0.1, 0.15) is 5.60 Å². The van der Waals surface area contributed by atoms with Gasteiger partial charge in [0.05, 0.1) is 0 Å². The Balaban J connectivity index is 2.07. The molecule has 0 saturated heterocycles. The molecule has 0 spiro atoms. The van der Waals surface area contributed by atoms with Crippen molar-refractivity contribution in [1.29, 1.82) is 0 Å². The van der Waals surface area contributed by atoms with Crippen LogP contribution in [0.25, 0.3) is 0 Å². The highest BCUT2D eigenvalue weighted by Gasteiger charge is 2.39. The molecule has 0 aliphatic heterocycles. The fourth-order valence-corrected chi connectivity index (χ4v) is 2.88. The van der Waals surface area contributed by atoms with Crippen molar-refractivity contribution in [2.75, 3.05) is 0 Å². The van der Waals surface area contributed by atoms with Crippen molar-refractivity contribution < 1.29 is 5.11 Å². The molecule has 2 aliphatic carbocycles. The van der Waals surface area contributed by atoms with Crippen LogP contribution in [-0.2, 0) is 5.60 Å². The number of benzene rings is 1. The molecule has 1 aromatic carbocycles. The Morgan fingerprint density at radius 3 is 2.69 bits per heavy atom. The van der Waals surface area contributed by atoms with Gasteiger partial charge in [-0.25, -0.2) is 0 Å². The third-order valence-electron chi connectivity index (χ3n) is 3.76. The first-order valence-electron chi connectivity index (χ1n) is 5.98. The summed E-state index contributed by atoms with van der Waals surface area (Å²) in [5.74, 6) is 0. The lowest BCUT2D eigenvalue weighted by Gasteiger charge is -2.26. The highest BCUT2D eigenvalue weighted by molar-refractivity contribution is 5.46. The molecule has 0 saturated carbocycles. The molecule has 82 valence electrons. The van der Waals surface area contributed by atoms with E-state index in [0.717, 1.165) is 36.8 Å². The van der Waals surface area contributed by atoms with E-state index in [4.69, 9.17) is 0 Å². The molecule has 1 N–H and O–H groups in total. The maximum atomic E-state index is 10.8. The molecule has 0 radical (unpaired) electrons. The predicted octanol–water partition coefficient (Wildman–Crippen LogP) is 3.31. The van der Waals surface area contributed by atoms with Gasteiger partial charge in [-0.2, -0.15) is 0 Å². The van der Waals surface area contributed by atoms with E-state index in [0.29, 0.717) is 0 Å². The zero-order chi connectivity index (χ0) is 11.0. The van der Waals surface area contributed by atoms with Crippen molar-refractivity contribution in [2.45, 2.75) is 31.3 Å². The molecule has 1 unspecified atom stereocenters. The van der Waals surface area contributed by atoms with Crippen LogP contribution in [0.5, 0.6) is 0 Å². The van der Waals surface area contributed by atoms with E-state index < -0.39 is 5.60 Å². The molecule has 1 nitrogen and oxygen atoms in total. The van der Waals surface area contributed by atoms with Crippen LogP contribution < -0.4 is 0 Å². The Kier molecular flexibility index (Phi) is 2.22. The van der Waals surface area contributed by atoms with Crippen molar-refractivity contribution >= 4 is 0 Å². The summed E-state index contributed by atoms with van der Waals surface area (Å²) < 4.78 is 0. The third-order valence-corrected chi connectivity index (χ3v) is 3.76. The summed E-state index contributed by atoms with van der Waals surface area (Å²) in [7, 11) is 0. The van der Waals surface area contributed by atoms with E-state index in [9.17, 15) is 5.11 Å². The topological polar surface area (TPSA) is 20.2 Å². The summed E-state index contributed by atoms with van der Waals surface area (Å²) in [6.45, 7) is 0. The zero-order valence-corrected chi connectivity index (χ0v) is 9.32. The highest BCUT2D eigenvalue weighted by atomic mass is 16.3. The molecule has 1 aromatic rings. The quantitative estimate of drug-likeness (QED) is 0.757. The Labute approximate surface area is 96.1 Å². The molecule has 0 aromatic heterocycles. The highest BCUT2D eigenvalue weighted by Crippen LogP contribution is 2.46. The van der Waals surface area contributed by atoms with E-state index in [1.54, 1.807) is 0 Å². The van der Waals surface area contributed by atoms with Crippen LogP contribution in [0.15, 0.2) is 53.6 Å². The zero-order valence-electron chi connectivity index (χ0n) is 9.32. The summed E-state index contributed by atoms with van der Waals surface area (Å²) in [5.41, 5.74) is 2.92. The van der Waals surface area contributed by atoms with Gasteiger partial charge in [0.2, 0.25) is 0 Å². The monoisotopic (exact) mass is 212 g/mol. The average Bonchev–Trinajstić information content (AvgIpc) is 2.71. The smallest absolute Gasteiger partial charge is 0.115 e. The normalized spacial score (nSPS) is 28.3. The van der Waals surface area contributed by atoms with Crippen LogP contribution in [0.4, 0.5) is 0 Å². The number of hydrogen-bond donors (Lipinski definition) is 1. The van der Waals surface area contributed by atoms with Crippen LogP contribution in [0.1, 0.15) is 31.2 Å². The molecule has 2 aliphatic rings. The molecule has 0 amide bonds. The molecular weight excluding hydrogens is 196 g/mol. The number of rotatable bonds is 1. The van der Waals surface area contributed by atoms with Gasteiger partial charge in [0, 0.05) is 0 Å². The van der Waals surface area contributed by atoms with Gasteiger partial charge >= 0.3 is 0 Å². The summed E-state index contributed by atoms with van der Waals surface area (Å²) in [4.78, 5) is 0. The lowest BCUT2D eigenvalue weighted by atomic mass is 9.85. The van der Waals surface area contributed by atoms with Crippen molar-refractivity contribution in [2.24, 2.45) is 0 Å². The number of aliphatic hydroxyl groups is 1. The van der Waals surface area contributed by atoms with Gasteiger partial charge in [-0.15, -0.1) is 0 Å². The van der Waals surface area contributed by atoms with E-state index in [1.807, 2.05) is 30.3 Å². The van der Waals surface area contributed by atoms with E-state index in [2.05, 4.69) is 12.2 Å². The Hall–Kier alpha value is -1.34. The maximum absolute atomic E-state index is 10.8. The minimum atomic E-state index is -0.729. The minimum absolute atomic E-state index is 0.729. The van der Waals surface area contributed by atoms with Crippen LogP contribution in [0.3, 0.4) is 0 Å². The summed E-state index contributed by atoms with van der Waals surface area (Å²) in [5, 5.41) is 10.8. The third kappa shape index (κ3) is 1.35. The molecule has 16 heavy (non-hydrogen) atoms. The second-order valence-electron chi connectivity index (χ2n) is 4.68. The van der Waals surface area contributed by atoms with E-state index in [1.165, 1.54) is 5.57 Å². The second-order valence-corrected chi connectivity index (χ2v) is 4.68. The molecule has 0 fully saturated rings. The van der Waals surface area contributed by atoms with Crippen molar-refractivity contribution in [3.8, 4) is 0 Å². The fourth-order valence-electron chi connectivity index (χ4n) is 2.88. The van der Waals surface area contributed by atoms with Crippen molar-refractivity contribution in [3.63, 3.8) is 0 Å². The molecule has 1 heteroatoms. The Morgan fingerprint density at radius 2 is 1.88 bits per heavy atom. The van der Waals surface area contributed by atoms with Gasteiger partial charge in [-0.3, -0.25) is 0 Å². The van der Waals surface area contributed by atoms with Crippen LogP contribution in [0.2, 0.25) is 0 Å². The standard InChI is InChI=1S/C15H16O/c16-15(13-7-2-1-3-8-13)11-10-12-6-4-5-9-14(12)15/h1-3,5,7-9,16H,4,6,10-11H2. The van der Waals surface area contributed by atoms with Gasteiger partial charge in [-0.05, 0) is 36.8 Å². The summed E-state index contributed by atoms with van der Waals surface area (Å²) in [6.07, 6.45) is 8.44. The Bertz CT molecular complexity index is 456. The predicted molar refractivity (Wildman–Crippen MR) is 65.0 cm³/mol. The van der Waals surface area contributed by atoms with Crippen molar-refractivity contribution in [3.05, 3.63) is 59.2 Å². The summed E-state index contributed by atoms with van der Waals surface area (Å²) >= 11 is 0. The van der Waals surface area contributed by atoms with E-state index in [-0.39, 0.29) is 0 Å². The van der Waals surface area contributed by atoms with Crippen LogP contribution in [-0.4, -0.2) is 5.11 Å². The van der Waals surface area contributed by atoms with Crippen molar-refractivity contribution in [1.82, 2.24) is 0 Å². The molecule has 3 rings (SSSR count). The molecular formula is C15H16O. The van der Waals surface area contributed by atoms with Gasteiger partial charge in [-0.1, -0.05) is 48.1 Å². The number of hydrogen-bond acceptors (Lipinski definition) is 1. The lowest BCUT2D eigenvalue weighted by molar-refractivity contribution is 0.0808.